The molecule has 2 rings (SSSR count). The minimum Gasteiger partial charge on any atom is -0.0801 e. The first-order valence-electron chi connectivity index (χ1n) is 5.90. The molecule has 14 heavy (non-hydrogen) atoms. The van der Waals surface area contributed by atoms with Crippen molar-refractivity contribution in [3.63, 3.8) is 0 Å². The molecule has 0 heterocycles. The van der Waals surface area contributed by atoms with Gasteiger partial charge in [0.25, 0.3) is 0 Å². The van der Waals surface area contributed by atoms with Crippen LogP contribution in [0, 0.1) is 11.8 Å². The van der Waals surface area contributed by atoms with Gasteiger partial charge in [0.15, 0.2) is 0 Å². The van der Waals surface area contributed by atoms with Crippen LogP contribution in [0.4, 0.5) is 0 Å². The van der Waals surface area contributed by atoms with Crippen LogP contribution in [0.3, 0.4) is 0 Å². The molecule has 1 fully saturated rings. The highest BCUT2D eigenvalue weighted by atomic mass is 14.3. The summed E-state index contributed by atoms with van der Waals surface area (Å²) < 4.78 is 0. The smallest absolute Gasteiger partial charge is 0.0163 e. The Labute approximate surface area is 87.4 Å². The van der Waals surface area contributed by atoms with Crippen molar-refractivity contribution in [2.75, 3.05) is 0 Å². The zero-order valence-corrected chi connectivity index (χ0v) is 9.29. The van der Waals surface area contributed by atoms with Gasteiger partial charge in [-0.3, -0.25) is 0 Å². The van der Waals surface area contributed by atoms with Gasteiger partial charge in [0.2, 0.25) is 0 Å². The number of hydrogen-bond donors (Lipinski definition) is 0. The molecule has 0 radical (unpaired) electrons. The standard InChI is InChI=1S/C14H20/c1-3-11(2)14(13-9-10-13)12-7-5-4-6-8-12/h5-8,11,13H,3-4,9-10H2,1-2H3. The average Bonchev–Trinajstić information content (AvgIpc) is 3.04. The lowest BCUT2D eigenvalue weighted by Gasteiger charge is -2.17. The van der Waals surface area contributed by atoms with Crippen LogP contribution in [0.5, 0.6) is 0 Å². The topological polar surface area (TPSA) is 0 Å². The van der Waals surface area contributed by atoms with Crippen molar-refractivity contribution in [2.24, 2.45) is 11.8 Å². The fourth-order valence-electron chi connectivity index (χ4n) is 2.25. The van der Waals surface area contributed by atoms with Crippen molar-refractivity contribution in [3.8, 4) is 0 Å². The summed E-state index contributed by atoms with van der Waals surface area (Å²) in [7, 11) is 0. The van der Waals surface area contributed by atoms with Gasteiger partial charge in [-0.2, -0.15) is 0 Å². The Morgan fingerprint density at radius 2 is 2.00 bits per heavy atom. The van der Waals surface area contributed by atoms with Gasteiger partial charge in [-0.1, -0.05) is 43.7 Å². The van der Waals surface area contributed by atoms with Crippen molar-refractivity contribution in [2.45, 2.75) is 39.5 Å². The first-order chi connectivity index (χ1) is 6.83. The molecule has 1 unspecified atom stereocenters. The van der Waals surface area contributed by atoms with Crippen LogP contribution in [0.1, 0.15) is 39.5 Å². The van der Waals surface area contributed by atoms with Crippen LogP contribution in [-0.4, -0.2) is 0 Å². The zero-order chi connectivity index (χ0) is 9.97. The minimum absolute atomic E-state index is 0.768. The monoisotopic (exact) mass is 188 g/mol. The Balaban J connectivity index is 2.27. The predicted molar refractivity (Wildman–Crippen MR) is 62.1 cm³/mol. The lowest BCUT2D eigenvalue weighted by molar-refractivity contribution is 0.612. The van der Waals surface area contributed by atoms with Crippen LogP contribution in [0.2, 0.25) is 0 Å². The Bertz CT molecular complexity index is 273. The van der Waals surface area contributed by atoms with Gasteiger partial charge in [0.05, 0.1) is 0 Å². The molecule has 0 aromatic heterocycles. The molecular weight excluding hydrogens is 168 g/mol. The molecule has 0 aliphatic heterocycles. The highest BCUT2D eigenvalue weighted by Crippen LogP contribution is 2.43. The zero-order valence-electron chi connectivity index (χ0n) is 9.29. The normalized spacial score (nSPS) is 22.6. The van der Waals surface area contributed by atoms with E-state index in [-0.39, 0.29) is 0 Å². The van der Waals surface area contributed by atoms with Crippen LogP contribution >= 0.6 is 0 Å². The van der Waals surface area contributed by atoms with Gasteiger partial charge >= 0.3 is 0 Å². The lowest BCUT2D eigenvalue weighted by atomic mass is 9.88. The molecular formula is C14H20. The number of rotatable bonds is 3. The SMILES string of the molecule is CCC(C)C(=C1C=CCC=C1)C1CC1. The van der Waals surface area contributed by atoms with Crippen LogP contribution in [-0.2, 0) is 0 Å². The van der Waals surface area contributed by atoms with E-state index in [4.69, 9.17) is 0 Å². The fraction of sp³-hybridized carbons (Fsp3) is 0.571. The molecule has 2 aliphatic carbocycles. The van der Waals surface area contributed by atoms with Gasteiger partial charge in [-0.25, -0.2) is 0 Å². The van der Waals surface area contributed by atoms with Gasteiger partial charge < -0.3 is 0 Å². The molecule has 0 spiro atoms. The molecule has 0 aromatic carbocycles. The largest absolute Gasteiger partial charge is 0.0801 e. The summed E-state index contributed by atoms with van der Waals surface area (Å²) in [6.07, 6.45) is 14.4. The first-order valence-corrected chi connectivity index (χ1v) is 5.90. The molecule has 76 valence electrons. The quantitative estimate of drug-likeness (QED) is 0.621. The highest BCUT2D eigenvalue weighted by molar-refractivity contribution is 5.41. The van der Waals surface area contributed by atoms with E-state index >= 15 is 0 Å². The fourth-order valence-corrected chi connectivity index (χ4v) is 2.25. The molecule has 0 N–H and O–H groups in total. The van der Waals surface area contributed by atoms with Crippen molar-refractivity contribution < 1.29 is 0 Å². The maximum Gasteiger partial charge on any atom is -0.0163 e. The van der Waals surface area contributed by atoms with E-state index in [2.05, 4.69) is 38.2 Å². The minimum atomic E-state index is 0.768. The Hall–Kier alpha value is -0.780. The maximum absolute atomic E-state index is 2.37. The highest BCUT2D eigenvalue weighted by Gasteiger charge is 2.29. The van der Waals surface area contributed by atoms with E-state index in [1.807, 2.05) is 0 Å². The third-order valence-corrected chi connectivity index (χ3v) is 3.36. The molecule has 1 saturated carbocycles. The van der Waals surface area contributed by atoms with E-state index in [1.165, 1.54) is 24.8 Å². The van der Waals surface area contributed by atoms with Crippen LogP contribution < -0.4 is 0 Å². The molecule has 0 heteroatoms. The number of hydrogen-bond acceptors (Lipinski definition) is 0. The third kappa shape index (κ3) is 2.00. The van der Waals surface area contributed by atoms with Crippen molar-refractivity contribution >= 4 is 0 Å². The Kier molecular flexibility index (Phi) is 2.90. The Morgan fingerprint density at radius 3 is 2.50 bits per heavy atom. The molecule has 0 amide bonds. The summed E-state index contributed by atoms with van der Waals surface area (Å²) in [5.41, 5.74) is 3.23. The van der Waals surface area contributed by atoms with E-state index in [1.54, 1.807) is 5.57 Å². The summed E-state index contributed by atoms with van der Waals surface area (Å²) in [4.78, 5) is 0. The molecule has 0 bridgehead atoms. The van der Waals surface area contributed by atoms with E-state index < -0.39 is 0 Å². The van der Waals surface area contributed by atoms with Crippen LogP contribution in [0.25, 0.3) is 0 Å². The lowest BCUT2D eigenvalue weighted by Crippen LogP contribution is -2.03. The first kappa shape index (κ1) is 9.76. The molecule has 2 aliphatic rings. The van der Waals surface area contributed by atoms with Gasteiger partial charge in [0, 0.05) is 0 Å². The van der Waals surface area contributed by atoms with Gasteiger partial charge in [0.1, 0.15) is 0 Å². The molecule has 0 nitrogen and oxygen atoms in total. The molecule has 0 aromatic rings. The third-order valence-electron chi connectivity index (χ3n) is 3.36. The van der Waals surface area contributed by atoms with Crippen LogP contribution in [0.15, 0.2) is 35.5 Å². The van der Waals surface area contributed by atoms with Crippen molar-refractivity contribution in [1.29, 1.82) is 0 Å². The van der Waals surface area contributed by atoms with E-state index in [0.29, 0.717) is 0 Å². The number of allylic oxidation sites excluding steroid dienone is 6. The van der Waals surface area contributed by atoms with Gasteiger partial charge in [-0.05, 0) is 43.1 Å². The predicted octanol–water partition coefficient (Wildman–Crippen LogP) is 4.26. The second-order valence-corrected chi connectivity index (χ2v) is 4.53. The second-order valence-electron chi connectivity index (χ2n) is 4.53. The van der Waals surface area contributed by atoms with E-state index in [9.17, 15) is 0 Å². The maximum atomic E-state index is 2.37. The summed E-state index contributed by atoms with van der Waals surface area (Å²) in [6.45, 7) is 4.67. The van der Waals surface area contributed by atoms with Crippen molar-refractivity contribution in [1.82, 2.24) is 0 Å². The molecule has 1 atom stereocenters. The van der Waals surface area contributed by atoms with Gasteiger partial charge in [-0.15, -0.1) is 0 Å². The summed E-state index contributed by atoms with van der Waals surface area (Å²) in [6, 6.07) is 0. The summed E-state index contributed by atoms with van der Waals surface area (Å²) in [5, 5.41) is 0. The molecule has 0 saturated heterocycles. The average molecular weight is 188 g/mol. The second kappa shape index (κ2) is 4.16. The summed E-state index contributed by atoms with van der Waals surface area (Å²) >= 11 is 0. The summed E-state index contributed by atoms with van der Waals surface area (Å²) in [5.74, 6) is 1.68. The van der Waals surface area contributed by atoms with E-state index in [0.717, 1.165) is 18.3 Å². The van der Waals surface area contributed by atoms with Crippen molar-refractivity contribution in [3.05, 3.63) is 35.5 Å². The Morgan fingerprint density at radius 1 is 1.36 bits per heavy atom.